The van der Waals surface area contributed by atoms with E-state index in [1.54, 1.807) is 12.4 Å². The van der Waals surface area contributed by atoms with Crippen molar-refractivity contribution in [3.63, 3.8) is 0 Å². The maximum Gasteiger partial charge on any atom is 0.410 e. The number of piperazine rings is 1. The lowest BCUT2D eigenvalue weighted by atomic mass is 10.1. The van der Waals surface area contributed by atoms with E-state index in [4.69, 9.17) is 4.74 Å². The highest BCUT2D eigenvalue weighted by Crippen LogP contribution is 2.24. The standard InChI is InChI=1S/C26H32N6O2/c1-19-16-31(24-15-28-23-9-6-12-27-25(23)29-24)17-20(2)32(19)26(33)34-22-10-13-30(14-11-22)18-21-7-4-3-5-8-21/h3-9,12,15,19-20,22H,10-11,13-14,16-18H2,1-2H3/t19-,20+. The number of hydrogen-bond acceptors (Lipinski definition) is 7. The van der Waals surface area contributed by atoms with E-state index in [0.29, 0.717) is 18.7 Å². The monoisotopic (exact) mass is 460 g/mol. The molecule has 0 radical (unpaired) electrons. The summed E-state index contributed by atoms with van der Waals surface area (Å²) in [5.41, 5.74) is 2.75. The molecule has 8 heteroatoms. The number of nitrogens with zero attached hydrogens (tertiary/aromatic N) is 6. The Bertz CT molecular complexity index is 1110. The first kappa shape index (κ1) is 22.5. The molecule has 4 heterocycles. The topological polar surface area (TPSA) is 74.7 Å². The molecule has 8 nitrogen and oxygen atoms in total. The SMILES string of the molecule is C[C@@H]1CN(c2cnc3cccnc3n2)C[C@H](C)N1C(=O)OC1CCN(Cc2ccccc2)CC1. The summed E-state index contributed by atoms with van der Waals surface area (Å²) >= 11 is 0. The molecule has 2 atom stereocenters. The Morgan fingerprint density at radius 3 is 2.47 bits per heavy atom. The van der Waals surface area contributed by atoms with Crippen LogP contribution in [0.15, 0.2) is 54.9 Å². The van der Waals surface area contributed by atoms with Gasteiger partial charge in [0, 0.05) is 38.9 Å². The van der Waals surface area contributed by atoms with Crippen LogP contribution in [0, 0.1) is 0 Å². The molecule has 5 rings (SSSR count). The minimum absolute atomic E-state index is 0.00986. The Labute approximate surface area is 200 Å². The number of hydrogen-bond donors (Lipinski definition) is 0. The molecule has 0 bridgehead atoms. The van der Waals surface area contributed by atoms with E-state index >= 15 is 0 Å². The number of piperidine rings is 1. The maximum absolute atomic E-state index is 13.1. The highest BCUT2D eigenvalue weighted by molar-refractivity contribution is 5.71. The lowest BCUT2D eigenvalue weighted by Crippen LogP contribution is -2.59. The molecule has 2 aliphatic heterocycles. The smallest absolute Gasteiger partial charge is 0.410 e. The quantitative estimate of drug-likeness (QED) is 0.587. The van der Waals surface area contributed by atoms with Crippen molar-refractivity contribution in [3.8, 4) is 0 Å². The molecular formula is C26H32N6O2. The number of likely N-dealkylation sites (tertiary alicyclic amines) is 1. The molecule has 0 unspecified atom stereocenters. The van der Waals surface area contributed by atoms with Crippen LogP contribution in [-0.4, -0.2) is 75.2 Å². The number of carbonyl (C=O) groups excluding carboxylic acids is 1. The minimum Gasteiger partial charge on any atom is -0.446 e. The van der Waals surface area contributed by atoms with E-state index in [1.165, 1.54) is 5.56 Å². The molecule has 1 amide bonds. The molecule has 2 fully saturated rings. The fourth-order valence-corrected chi connectivity index (χ4v) is 5.09. The van der Waals surface area contributed by atoms with Gasteiger partial charge in [-0.2, -0.15) is 0 Å². The van der Waals surface area contributed by atoms with Crippen LogP contribution in [0.4, 0.5) is 10.6 Å². The van der Waals surface area contributed by atoms with Crippen LogP contribution in [0.25, 0.3) is 11.2 Å². The number of aromatic nitrogens is 3. The van der Waals surface area contributed by atoms with Crippen LogP contribution in [0.3, 0.4) is 0 Å². The zero-order valence-electron chi connectivity index (χ0n) is 19.9. The van der Waals surface area contributed by atoms with E-state index in [2.05, 4.69) is 62.9 Å². The maximum atomic E-state index is 13.1. The van der Waals surface area contributed by atoms with Gasteiger partial charge in [-0.15, -0.1) is 0 Å². The van der Waals surface area contributed by atoms with Gasteiger partial charge in [-0.1, -0.05) is 30.3 Å². The molecule has 3 aromatic rings. The predicted octanol–water partition coefficient (Wildman–Crippen LogP) is 3.73. The molecule has 0 saturated carbocycles. The number of rotatable bonds is 4. The van der Waals surface area contributed by atoms with Gasteiger partial charge in [0.1, 0.15) is 17.4 Å². The van der Waals surface area contributed by atoms with Crippen molar-refractivity contribution in [3.05, 3.63) is 60.4 Å². The summed E-state index contributed by atoms with van der Waals surface area (Å²) < 4.78 is 5.97. The summed E-state index contributed by atoms with van der Waals surface area (Å²) in [6, 6.07) is 14.3. The third-order valence-electron chi connectivity index (χ3n) is 6.81. The van der Waals surface area contributed by atoms with Gasteiger partial charge in [0.05, 0.1) is 18.3 Å². The number of amides is 1. The number of anilines is 1. The van der Waals surface area contributed by atoms with Crippen molar-refractivity contribution >= 4 is 23.1 Å². The third kappa shape index (κ3) is 4.97. The van der Waals surface area contributed by atoms with Gasteiger partial charge in [-0.25, -0.2) is 19.7 Å². The van der Waals surface area contributed by atoms with Gasteiger partial charge in [0.2, 0.25) is 0 Å². The van der Waals surface area contributed by atoms with Crippen LogP contribution in [-0.2, 0) is 11.3 Å². The molecule has 2 aliphatic rings. The van der Waals surface area contributed by atoms with Crippen LogP contribution in [0.5, 0.6) is 0 Å². The van der Waals surface area contributed by atoms with E-state index in [-0.39, 0.29) is 24.3 Å². The average molecular weight is 461 g/mol. The van der Waals surface area contributed by atoms with Crippen molar-refractivity contribution in [2.24, 2.45) is 0 Å². The molecule has 0 aliphatic carbocycles. The fourth-order valence-electron chi connectivity index (χ4n) is 5.09. The molecule has 178 valence electrons. The van der Waals surface area contributed by atoms with Crippen molar-refractivity contribution in [1.29, 1.82) is 0 Å². The van der Waals surface area contributed by atoms with E-state index < -0.39 is 0 Å². The summed E-state index contributed by atoms with van der Waals surface area (Å²) in [6.07, 6.45) is 5.05. The van der Waals surface area contributed by atoms with Crippen molar-refractivity contribution in [2.75, 3.05) is 31.1 Å². The van der Waals surface area contributed by atoms with Crippen LogP contribution in [0.1, 0.15) is 32.3 Å². The summed E-state index contributed by atoms with van der Waals surface area (Å²) in [5.74, 6) is 0.795. The first-order valence-electron chi connectivity index (χ1n) is 12.1. The van der Waals surface area contributed by atoms with Crippen LogP contribution in [0.2, 0.25) is 0 Å². The van der Waals surface area contributed by atoms with E-state index in [1.807, 2.05) is 23.1 Å². The number of ether oxygens (including phenoxy) is 1. The van der Waals surface area contributed by atoms with Gasteiger partial charge < -0.3 is 9.64 Å². The summed E-state index contributed by atoms with van der Waals surface area (Å²) in [7, 11) is 0. The Balaban J connectivity index is 1.15. The van der Waals surface area contributed by atoms with Crippen LogP contribution < -0.4 is 4.90 Å². The number of carbonyl (C=O) groups is 1. The first-order valence-corrected chi connectivity index (χ1v) is 12.1. The Morgan fingerprint density at radius 1 is 1.00 bits per heavy atom. The fraction of sp³-hybridized carbons (Fsp3) is 0.462. The molecular weight excluding hydrogens is 428 g/mol. The predicted molar refractivity (Wildman–Crippen MR) is 132 cm³/mol. The molecule has 0 spiro atoms. The van der Waals surface area contributed by atoms with Crippen LogP contribution >= 0.6 is 0 Å². The molecule has 1 aromatic carbocycles. The van der Waals surface area contributed by atoms with E-state index in [0.717, 1.165) is 43.8 Å². The molecule has 0 N–H and O–H groups in total. The lowest BCUT2D eigenvalue weighted by molar-refractivity contribution is 0.0100. The Kier molecular flexibility index (Phi) is 6.58. The molecule has 34 heavy (non-hydrogen) atoms. The highest BCUT2D eigenvalue weighted by Gasteiger charge is 2.36. The van der Waals surface area contributed by atoms with E-state index in [9.17, 15) is 4.79 Å². The van der Waals surface area contributed by atoms with Crippen molar-refractivity contribution < 1.29 is 9.53 Å². The highest BCUT2D eigenvalue weighted by atomic mass is 16.6. The zero-order valence-corrected chi connectivity index (χ0v) is 19.9. The second kappa shape index (κ2) is 9.93. The Morgan fingerprint density at radius 2 is 1.74 bits per heavy atom. The molecule has 2 aromatic heterocycles. The summed E-state index contributed by atoms with van der Waals surface area (Å²) in [4.78, 5) is 33.1. The average Bonchev–Trinajstić information content (AvgIpc) is 2.85. The number of benzene rings is 1. The van der Waals surface area contributed by atoms with Crippen molar-refractivity contribution in [2.45, 2.75) is 51.4 Å². The summed E-state index contributed by atoms with van der Waals surface area (Å²) in [6.45, 7) is 8.34. The largest absolute Gasteiger partial charge is 0.446 e. The minimum atomic E-state index is -0.201. The first-order chi connectivity index (χ1) is 16.6. The number of fused-ring (bicyclic) bond motifs is 1. The third-order valence-corrected chi connectivity index (χ3v) is 6.81. The number of pyridine rings is 1. The normalized spacial score (nSPS) is 22.2. The zero-order chi connectivity index (χ0) is 23.5. The van der Waals surface area contributed by atoms with Gasteiger partial charge in [0.15, 0.2) is 5.65 Å². The Hall–Kier alpha value is -3.26. The molecule has 2 saturated heterocycles. The second-order valence-electron chi connectivity index (χ2n) is 9.43. The van der Waals surface area contributed by atoms with Crippen molar-refractivity contribution in [1.82, 2.24) is 24.8 Å². The van der Waals surface area contributed by atoms with Gasteiger partial charge >= 0.3 is 6.09 Å². The van der Waals surface area contributed by atoms with Gasteiger partial charge in [-0.05, 0) is 44.4 Å². The second-order valence-corrected chi connectivity index (χ2v) is 9.43. The lowest BCUT2D eigenvalue weighted by Gasteiger charge is -2.44. The summed E-state index contributed by atoms with van der Waals surface area (Å²) in [5, 5.41) is 0. The van der Waals surface area contributed by atoms with Gasteiger partial charge in [-0.3, -0.25) is 9.80 Å². The van der Waals surface area contributed by atoms with Gasteiger partial charge in [0.25, 0.3) is 0 Å².